The number of anilines is 1. The molecule has 0 aliphatic heterocycles. The Morgan fingerprint density at radius 2 is 1.75 bits per heavy atom. The van der Waals surface area contributed by atoms with Crippen LogP contribution in [0.25, 0.3) is 0 Å². The molecule has 20 heavy (non-hydrogen) atoms. The van der Waals surface area contributed by atoms with E-state index in [9.17, 15) is 4.79 Å². The van der Waals surface area contributed by atoms with Gasteiger partial charge >= 0.3 is 0 Å². The van der Waals surface area contributed by atoms with Crippen LogP contribution in [0.3, 0.4) is 0 Å². The van der Waals surface area contributed by atoms with Crippen molar-refractivity contribution in [3.05, 3.63) is 65.2 Å². The van der Waals surface area contributed by atoms with Crippen LogP contribution < -0.4 is 5.32 Å². The number of nitriles is 1. The van der Waals surface area contributed by atoms with E-state index in [0.29, 0.717) is 22.7 Å². The van der Waals surface area contributed by atoms with Crippen molar-refractivity contribution >= 4 is 11.6 Å². The van der Waals surface area contributed by atoms with Gasteiger partial charge in [0.2, 0.25) is 0 Å². The van der Waals surface area contributed by atoms with E-state index in [-0.39, 0.29) is 5.91 Å². The summed E-state index contributed by atoms with van der Waals surface area (Å²) < 4.78 is 0. The minimum atomic E-state index is -0.206. The van der Waals surface area contributed by atoms with E-state index in [0.717, 1.165) is 0 Å². The lowest BCUT2D eigenvalue weighted by Gasteiger charge is -2.08. The first-order chi connectivity index (χ1) is 9.61. The van der Waals surface area contributed by atoms with Crippen molar-refractivity contribution < 1.29 is 4.79 Å². The number of carbonyl (C=O) groups is 1. The van der Waals surface area contributed by atoms with Gasteiger partial charge in [-0.25, -0.2) is 0 Å². The van der Waals surface area contributed by atoms with Crippen molar-refractivity contribution in [1.82, 2.24) is 0 Å². The van der Waals surface area contributed by atoms with Gasteiger partial charge in [0.15, 0.2) is 0 Å². The van der Waals surface area contributed by atoms with Crippen LogP contribution in [0.2, 0.25) is 0 Å². The van der Waals surface area contributed by atoms with Gasteiger partial charge in [-0.15, -0.1) is 0 Å². The number of nitrogens with one attached hydrogen (secondary N) is 1. The molecule has 0 heterocycles. The van der Waals surface area contributed by atoms with Crippen molar-refractivity contribution in [1.29, 1.82) is 5.26 Å². The molecule has 0 saturated heterocycles. The van der Waals surface area contributed by atoms with E-state index >= 15 is 0 Å². The molecule has 0 radical (unpaired) electrons. The molecular formula is C17H16N2O. The maximum atomic E-state index is 12.1. The fourth-order valence-corrected chi connectivity index (χ4v) is 1.90. The molecule has 1 N–H and O–H groups in total. The number of carbonyl (C=O) groups excluding carboxylic acids is 1. The molecular weight excluding hydrogens is 248 g/mol. The number of amides is 1. The number of hydrogen-bond acceptors (Lipinski definition) is 2. The second-order valence-electron chi connectivity index (χ2n) is 4.89. The molecule has 0 aliphatic carbocycles. The van der Waals surface area contributed by atoms with Gasteiger partial charge in [0.1, 0.15) is 6.07 Å². The minimum absolute atomic E-state index is 0.206. The summed E-state index contributed by atoms with van der Waals surface area (Å²) in [7, 11) is 0. The van der Waals surface area contributed by atoms with Crippen LogP contribution in [-0.4, -0.2) is 5.91 Å². The van der Waals surface area contributed by atoms with E-state index in [1.54, 1.807) is 36.4 Å². The zero-order chi connectivity index (χ0) is 14.5. The van der Waals surface area contributed by atoms with E-state index in [4.69, 9.17) is 5.26 Å². The van der Waals surface area contributed by atoms with Crippen molar-refractivity contribution in [2.24, 2.45) is 0 Å². The van der Waals surface area contributed by atoms with Crippen molar-refractivity contribution in [3.63, 3.8) is 0 Å². The SMILES string of the molecule is CC(C)c1ccc(C(=O)Nc2ccccc2C#N)cc1. The third kappa shape index (κ3) is 3.04. The molecule has 0 aromatic heterocycles. The monoisotopic (exact) mass is 264 g/mol. The molecule has 2 aromatic rings. The number of benzene rings is 2. The zero-order valence-corrected chi connectivity index (χ0v) is 11.6. The highest BCUT2D eigenvalue weighted by Gasteiger charge is 2.09. The molecule has 0 atom stereocenters. The Hall–Kier alpha value is -2.60. The quantitative estimate of drug-likeness (QED) is 0.913. The van der Waals surface area contributed by atoms with Crippen LogP contribution in [0.1, 0.15) is 41.3 Å². The molecule has 0 spiro atoms. The van der Waals surface area contributed by atoms with Crippen LogP contribution in [-0.2, 0) is 0 Å². The van der Waals surface area contributed by atoms with Crippen molar-refractivity contribution in [3.8, 4) is 6.07 Å². The topological polar surface area (TPSA) is 52.9 Å². The third-order valence-electron chi connectivity index (χ3n) is 3.14. The van der Waals surface area contributed by atoms with Crippen LogP contribution in [0, 0.1) is 11.3 Å². The third-order valence-corrected chi connectivity index (χ3v) is 3.14. The first kappa shape index (κ1) is 13.8. The predicted molar refractivity (Wildman–Crippen MR) is 79.6 cm³/mol. The van der Waals surface area contributed by atoms with Gasteiger partial charge in [-0.2, -0.15) is 5.26 Å². The second-order valence-corrected chi connectivity index (χ2v) is 4.89. The Balaban J connectivity index is 2.18. The molecule has 2 aromatic carbocycles. The normalized spacial score (nSPS) is 10.1. The number of nitrogens with zero attached hydrogens (tertiary/aromatic N) is 1. The molecule has 0 saturated carbocycles. The largest absolute Gasteiger partial charge is 0.321 e. The first-order valence-corrected chi connectivity index (χ1v) is 6.52. The molecule has 100 valence electrons. The zero-order valence-electron chi connectivity index (χ0n) is 11.6. The maximum absolute atomic E-state index is 12.1. The van der Waals surface area contributed by atoms with Crippen molar-refractivity contribution in [2.45, 2.75) is 19.8 Å². The Bertz CT molecular complexity index is 651. The Kier molecular flexibility index (Phi) is 4.17. The average molecular weight is 264 g/mol. The molecule has 1 amide bonds. The van der Waals surface area contributed by atoms with Crippen LogP contribution in [0.5, 0.6) is 0 Å². The molecule has 3 heteroatoms. The highest BCUT2D eigenvalue weighted by molar-refractivity contribution is 6.04. The average Bonchev–Trinajstić information content (AvgIpc) is 2.48. The maximum Gasteiger partial charge on any atom is 0.255 e. The highest BCUT2D eigenvalue weighted by atomic mass is 16.1. The summed E-state index contributed by atoms with van der Waals surface area (Å²) in [6, 6.07) is 16.5. The summed E-state index contributed by atoms with van der Waals surface area (Å²) in [6.07, 6.45) is 0. The minimum Gasteiger partial charge on any atom is -0.321 e. The van der Waals surface area contributed by atoms with Crippen LogP contribution in [0.4, 0.5) is 5.69 Å². The van der Waals surface area contributed by atoms with Gasteiger partial charge in [0.05, 0.1) is 11.3 Å². The lowest BCUT2D eigenvalue weighted by molar-refractivity contribution is 0.102. The summed E-state index contributed by atoms with van der Waals surface area (Å²) in [5.74, 6) is 0.231. The lowest BCUT2D eigenvalue weighted by Crippen LogP contribution is -2.12. The van der Waals surface area contributed by atoms with Gasteiger partial charge in [-0.1, -0.05) is 38.1 Å². The van der Waals surface area contributed by atoms with E-state index in [1.165, 1.54) is 5.56 Å². The van der Waals surface area contributed by atoms with E-state index in [1.807, 2.05) is 12.1 Å². The van der Waals surface area contributed by atoms with Gasteiger partial charge in [-0.3, -0.25) is 4.79 Å². The van der Waals surface area contributed by atoms with Gasteiger partial charge in [0.25, 0.3) is 5.91 Å². The standard InChI is InChI=1S/C17H16N2O/c1-12(2)13-7-9-14(10-8-13)17(20)19-16-6-4-3-5-15(16)11-18/h3-10,12H,1-2H3,(H,19,20). The molecule has 0 unspecified atom stereocenters. The Labute approximate surface area is 118 Å². The van der Waals surface area contributed by atoms with Gasteiger partial charge in [0, 0.05) is 5.56 Å². The predicted octanol–water partition coefficient (Wildman–Crippen LogP) is 3.93. The fraction of sp³-hybridized carbons (Fsp3) is 0.176. The summed E-state index contributed by atoms with van der Waals surface area (Å²) >= 11 is 0. The van der Waals surface area contributed by atoms with Crippen LogP contribution >= 0.6 is 0 Å². The summed E-state index contributed by atoms with van der Waals surface area (Å²) in [5.41, 5.74) is 2.77. The summed E-state index contributed by atoms with van der Waals surface area (Å²) in [4.78, 5) is 12.1. The molecule has 3 nitrogen and oxygen atoms in total. The second kappa shape index (κ2) is 6.03. The highest BCUT2D eigenvalue weighted by Crippen LogP contribution is 2.17. The van der Waals surface area contributed by atoms with Gasteiger partial charge < -0.3 is 5.32 Å². The summed E-state index contributed by atoms with van der Waals surface area (Å²) in [5, 5.41) is 11.8. The molecule has 2 rings (SSSR count). The number of rotatable bonds is 3. The van der Waals surface area contributed by atoms with E-state index in [2.05, 4.69) is 25.2 Å². The smallest absolute Gasteiger partial charge is 0.255 e. The van der Waals surface area contributed by atoms with E-state index < -0.39 is 0 Å². The van der Waals surface area contributed by atoms with Crippen LogP contribution in [0.15, 0.2) is 48.5 Å². The number of para-hydroxylation sites is 1. The lowest BCUT2D eigenvalue weighted by atomic mass is 10.0. The summed E-state index contributed by atoms with van der Waals surface area (Å²) in [6.45, 7) is 4.22. The van der Waals surface area contributed by atoms with Crippen molar-refractivity contribution in [2.75, 3.05) is 5.32 Å². The number of hydrogen-bond donors (Lipinski definition) is 1. The fourth-order valence-electron chi connectivity index (χ4n) is 1.90. The molecule has 0 bridgehead atoms. The molecule has 0 aliphatic rings. The first-order valence-electron chi connectivity index (χ1n) is 6.52. The Morgan fingerprint density at radius 1 is 1.10 bits per heavy atom. The van der Waals surface area contributed by atoms with Gasteiger partial charge in [-0.05, 0) is 35.7 Å². The Morgan fingerprint density at radius 3 is 2.35 bits per heavy atom. The molecule has 0 fully saturated rings.